The van der Waals surface area contributed by atoms with Crippen molar-refractivity contribution in [2.45, 2.75) is 6.42 Å². The van der Waals surface area contributed by atoms with Gasteiger partial charge in [-0.25, -0.2) is 4.79 Å². The highest BCUT2D eigenvalue weighted by molar-refractivity contribution is 6.35. The molecule has 0 amide bonds. The van der Waals surface area contributed by atoms with Crippen LogP contribution in [0.25, 0.3) is 11.0 Å². The first kappa shape index (κ1) is 15.7. The van der Waals surface area contributed by atoms with E-state index < -0.39 is 5.63 Å². The Labute approximate surface area is 141 Å². The molecule has 3 aromatic rings. The van der Waals surface area contributed by atoms with Gasteiger partial charge in [0.1, 0.15) is 17.1 Å². The van der Waals surface area contributed by atoms with Gasteiger partial charge in [0.05, 0.1) is 23.1 Å². The summed E-state index contributed by atoms with van der Waals surface area (Å²) in [5.74, 6) is 0.290. The van der Waals surface area contributed by atoms with Crippen LogP contribution >= 0.6 is 23.2 Å². The predicted octanol–water partition coefficient (Wildman–Crippen LogP) is 4.40. The highest BCUT2D eigenvalue weighted by Gasteiger charge is 2.18. The molecule has 0 aliphatic rings. The Kier molecular flexibility index (Phi) is 4.20. The van der Waals surface area contributed by atoms with Gasteiger partial charge in [0, 0.05) is 17.0 Å². The Morgan fingerprint density at radius 2 is 1.96 bits per heavy atom. The second-order valence-electron chi connectivity index (χ2n) is 4.97. The van der Waals surface area contributed by atoms with Crippen molar-refractivity contribution in [1.29, 1.82) is 0 Å². The number of hydrogen-bond acceptors (Lipinski definition) is 4. The fourth-order valence-corrected chi connectivity index (χ4v) is 3.10. The first-order valence-corrected chi connectivity index (χ1v) is 7.52. The average Bonchev–Trinajstić information content (AvgIpc) is 2.51. The molecule has 6 heteroatoms. The standard InChI is InChI=1S/C17H12Cl2O4/c1-22-16-9(6-10(18)8-13(16)19)7-12-15(20)11-4-2-3-5-14(11)23-17(12)21/h2-6,8,20H,7H2,1H3. The number of benzene rings is 2. The molecule has 0 atom stereocenters. The Bertz CT molecular complexity index is 947. The van der Waals surface area contributed by atoms with Crippen LogP contribution in [0.1, 0.15) is 11.1 Å². The molecular weight excluding hydrogens is 339 g/mol. The molecule has 3 rings (SSSR count). The lowest BCUT2D eigenvalue weighted by atomic mass is 10.0. The molecule has 4 nitrogen and oxygen atoms in total. The van der Waals surface area contributed by atoms with E-state index in [0.29, 0.717) is 32.3 Å². The smallest absolute Gasteiger partial charge is 0.343 e. The Balaban J connectivity index is 2.18. The summed E-state index contributed by atoms with van der Waals surface area (Å²) in [6.45, 7) is 0. The first-order valence-electron chi connectivity index (χ1n) is 6.77. The van der Waals surface area contributed by atoms with Gasteiger partial charge in [0.15, 0.2) is 0 Å². The molecule has 0 unspecified atom stereocenters. The minimum absolute atomic E-state index is 0.0858. The van der Waals surface area contributed by atoms with Gasteiger partial charge in [0.25, 0.3) is 0 Å². The van der Waals surface area contributed by atoms with Gasteiger partial charge in [-0.15, -0.1) is 0 Å². The third-order valence-electron chi connectivity index (χ3n) is 3.53. The third-order valence-corrected chi connectivity index (χ3v) is 4.03. The molecule has 0 spiro atoms. The van der Waals surface area contributed by atoms with Gasteiger partial charge in [-0.2, -0.15) is 0 Å². The molecule has 0 saturated carbocycles. The molecule has 0 aliphatic carbocycles. The van der Waals surface area contributed by atoms with Crippen molar-refractivity contribution in [3.63, 3.8) is 0 Å². The van der Waals surface area contributed by atoms with Crippen LogP contribution in [-0.2, 0) is 6.42 Å². The van der Waals surface area contributed by atoms with Crippen LogP contribution in [0.4, 0.5) is 0 Å². The number of rotatable bonds is 3. The van der Waals surface area contributed by atoms with Crippen molar-refractivity contribution in [2.75, 3.05) is 7.11 Å². The maximum Gasteiger partial charge on any atom is 0.343 e. The summed E-state index contributed by atoms with van der Waals surface area (Å²) in [5, 5.41) is 11.6. The summed E-state index contributed by atoms with van der Waals surface area (Å²) >= 11 is 12.1. The number of para-hydroxylation sites is 1. The minimum Gasteiger partial charge on any atom is -0.507 e. The first-order chi connectivity index (χ1) is 11.0. The van der Waals surface area contributed by atoms with Gasteiger partial charge in [-0.3, -0.25) is 0 Å². The molecule has 0 bridgehead atoms. The van der Waals surface area contributed by atoms with E-state index in [2.05, 4.69) is 0 Å². The van der Waals surface area contributed by atoms with Crippen molar-refractivity contribution >= 4 is 34.2 Å². The zero-order chi connectivity index (χ0) is 16.6. The summed E-state index contributed by atoms with van der Waals surface area (Å²) in [7, 11) is 1.47. The van der Waals surface area contributed by atoms with E-state index in [4.69, 9.17) is 32.4 Å². The number of aromatic hydroxyl groups is 1. The Hall–Kier alpha value is -2.17. The number of methoxy groups -OCH3 is 1. The van der Waals surface area contributed by atoms with E-state index in [-0.39, 0.29) is 17.7 Å². The van der Waals surface area contributed by atoms with Crippen molar-refractivity contribution in [3.05, 3.63) is 68.0 Å². The normalized spacial score (nSPS) is 10.9. The molecule has 118 valence electrons. The van der Waals surface area contributed by atoms with E-state index in [1.165, 1.54) is 7.11 Å². The van der Waals surface area contributed by atoms with Gasteiger partial charge >= 0.3 is 5.63 Å². The fraction of sp³-hybridized carbons (Fsp3) is 0.118. The van der Waals surface area contributed by atoms with E-state index in [9.17, 15) is 9.90 Å². The summed E-state index contributed by atoms with van der Waals surface area (Å²) < 4.78 is 10.5. The summed E-state index contributed by atoms with van der Waals surface area (Å²) in [6.07, 6.45) is 0.0858. The molecule has 23 heavy (non-hydrogen) atoms. The monoisotopic (exact) mass is 350 g/mol. The van der Waals surface area contributed by atoms with Crippen molar-refractivity contribution in [3.8, 4) is 11.5 Å². The SMILES string of the molecule is COc1c(Cl)cc(Cl)cc1Cc1c(O)c2ccccc2oc1=O. The number of fused-ring (bicyclic) bond motifs is 1. The minimum atomic E-state index is -0.612. The topological polar surface area (TPSA) is 59.7 Å². The van der Waals surface area contributed by atoms with Crippen LogP contribution < -0.4 is 10.4 Å². The summed E-state index contributed by atoms with van der Waals surface area (Å²) in [5.41, 5.74) is 0.428. The zero-order valence-corrected chi connectivity index (χ0v) is 13.6. The van der Waals surface area contributed by atoms with Crippen molar-refractivity contribution in [1.82, 2.24) is 0 Å². The molecule has 0 fully saturated rings. The molecule has 1 heterocycles. The molecule has 0 saturated heterocycles. The largest absolute Gasteiger partial charge is 0.507 e. The van der Waals surface area contributed by atoms with Gasteiger partial charge in [-0.05, 0) is 24.3 Å². The van der Waals surface area contributed by atoms with Crippen LogP contribution in [0, 0.1) is 0 Å². The van der Waals surface area contributed by atoms with Crippen LogP contribution in [0.5, 0.6) is 11.5 Å². The average molecular weight is 351 g/mol. The highest BCUT2D eigenvalue weighted by atomic mass is 35.5. The molecule has 1 N–H and O–H groups in total. The van der Waals surface area contributed by atoms with Crippen LogP contribution in [-0.4, -0.2) is 12.2 Å². The second-order valence-corrected chi connectivity index (χ2v) is 5.81. The Morgan fingerprint density at radius 3 is 2.70 bits per heavy atom. The summed E-state index contributed by atoms with van der Waals surface area (Å²) in [4.78, 5) is 12.2. The maximum atomic E-state index is 12.2. The van der Waals surface area contributed by atoms with Crippen molar-refractivity contribution < 1.29 is 14.3 Å². The van der Waals surface area contributed by atoms with E-state index >= 15 is 0 Å². The molecule has 2 aromatic carbocycles. The van der Waals surface area contributed by atoms with Crippen LogP contribution in [0.15, 0.2) is 45.6 Å². The number of hydrogen-bond donors (Lipinski definition) is 1. The quantitative estimate of drug-likeness (QED) is 0.711. The van der Waals surface area contributed by atoms with E-state index in [1.807, 2.05) is 0 Å². The van der Waals surface area contributed by atoms with E-state index in [1.54, 1.807) is 36.4 Å². The lowest BCUT2D eigenvalue weighted by Gasteiger charge is -2.12. The molecule has 0 radical (unpaired) electrons. The number of halogens is 2. The van der Waals surface area contributed by atoms with Gasteiger partial charge < -0.3 is 14.3 Å². The third kappa shape index (κ3) is 2.87. The highest BCUT2D eigenvalue weighted by Crippen LogP contribution is 2.35. The molecule has 0 aliphatic heterocycles. The lowest BCUT2D eigenvalue weighted by Crippen LogP contribution is -2.09. The predicted molar refractivity (Wildman–Crippen MR) is 90.0 cm³/mol. The zero-order valence-electron chi connectivity index (χ0n) is 12.1. The second kappa shape index (κ2) is 6.14. The number of ether oxygens (including phenoxy) is 1. The van der Waals surface area contributed by atoms with Crippen molar-refractivity contribution in [2.24, 2.45) is 0 Å². The van der Waals surface area contributed by atoms with Crippen LogP contribution in [0.2, 0.25) is 10.0 Å². The van der Waals surface area contributed by atoms with Crippen LogP contribution in [0.3, 0.4) is 0 Å². The van der Waals surface area contributed by atoms with Gasteiger partial charge in [-0.1, -0.05) is 35.3 Å². The van der Waals surface area contributed by atoms with E-state index in [0.717, 1.165) is 0 Å². The Morgan fingerprint density at radius 1 is 1.22 bits per heavy atom. The molecular formula is C17H12Cl2O4. The van der Waals surface area contributed by atoms with Gasteiger partial charge in [0.2, 0.25) is 0 Å². The lowest BCUT2D eigenvalue weighted by molar-refractivity contribution is 0.410. The maximum absolute atomic E-state index is 12.2. The summed E-state index contributed by atoms with van der Waals surface area (Å²) in [6, 6.07) is 9.97. The fourth-order valence-electron chi connectivity index (χ4n) is 2.49. The molecule has 1 aromatic heterocycles.